The van der Waals surface area contributed by atoms with E-state index in [1.165, 1.54) is 0 Å². The van der Waals surface area contributed by atoms with Crippen LogP contribution in [0.5, 0.6) is 0 Å². The second-order valence-corrected chi connectivity index (χ2v) is 9.59. The summed E-state index contributed by atoms with van der Waals surface area (Å²) in [5.41, 5.74) is 0.716. The molecule has 0 aromatic heterocycles. The Labute approximate surface area is 172 Å². The monoisotopic (exact) mass is 426 g/mol. The highest BCUT2D eigenvalue weighted by molar-refractivity contribution is 7.90. The van der Waals surface area contributed by atoms with Crippen molar-refractivity contribution in [1.82, 2.24) is 15.5 Å². The zero-order valence-corrected chi connectivity index (χ0v) is 17.6. The number of halogens is 1. The van der Waals surface area contributed by atoms with Crippen LogP contribution in [0.15, 0.2) is 33.6 Å². The molecule has 2 fully saturated rings. The minimum Gasteiger partial charge on any atom is -0.354 e. The molecule has 1 aromatic carbocycles. The third-order valence-electron chi connectivity index (χ3n) is 5.94. The zero-order chi connectivity index (χ0) is 19.1. The Morgan fingerprint density at radius 3 is 2.79 bits per heavy atom. The summed E-state index contributed by atoms with van der Waals surface area (Å²) < 4.78 is 28.7. The van der Waals surface area contributed by atoms with Gasteiger partial charge in [-0.3, -0.25) is 4.79 Å². The van der Waals surface area contributed by atoms with Crippen LogP contribution in [-0.4, -0.2) is 57.3 Å². The predicted molar refractivity (Wildman–Crippen MR) is 110 cm³/mol. The molecule has 1 unspecified atom stereocenters. The number of nitrogens with zero attached hydrogens (tertiary/aromatic N) is 2. The third-order valence-corrected chi connectivity index (χ3v) is 7.27. The van der Waals surface area contributed by atoms with Crippen molar-refractivity contribution in [3.63, 3.8) is 0 Å². The van der Waals surface area contributed by atoms with E-state index in [0.29, 0.717) is 30.9 Å². The van der Waals surface area contributed by atoms with E-state index in [4.69, 9.17) is 0 Å². The standard InChI is InChI=1S/C19H26N4O3S.ClH/c1-19(8-10-20-11-9-19)13-21-18(24)15-6-4-12-23(15)17-14-5-2-3-7-16(14)27(25,26)22-17;/h2-3,5,7,15,20H,4,6,8-13H2,1H3,(H,21,24);1H. The maximum atomic E-state index is 12.9. The molecule has 1 amide bonds. The fourth-order valence-corrected chi connectivity index (χ4v) is 5.43. The molecular formula is C19H27ClN4O3S. The maximum Gasteiger partial charge on any atom is 0.285 e. The van der Waals surface area contributed by atoms with Gasteiger partial charge in [0.15, 0.2) is 5.84 Å². The Hall–Kier alpha value is -1.64. The number of sulfonamides is 1. The van der Waals surface area contributed by atoms with Gasteiger partial charge >= 0.3 is 0 Å². The summed E-state index contributed by atoms with van der Waals surface area (Å²) in [6, 6.07) is 6.48. The van der Waals surface area contributed by atoms with Crippen molar-refractivity contribution in [2.24, 2.45) is 9.81 Å². The van der Waals surface area contributed by atoms with Crippen LogP contribution in [0.1, 0.15) is 38.2 Å². The smallest absolute Gasteiger partial charge is 0.285 e. The maximum absolute atomic E-state index is 12.9. The SMILES string of the molecule is CC1(CNC(=O)C2CCCN2C2=NS(=O)(=O)c3ccccc32)CCNCC1.Cl. The average molecular weight is 427 g/mol. The predicted octanol–water partition coefficient (Wildman–Crippen LogP) is 1.53. The number of hydrogen-bond donors (Lipinski definition) is 2. The highest BCUT2D eigenvalue weighted by Gasteiger charge is 2.39. The summed E-state index contributed by atoms with van der Waals surface area (Å²) in [6.07, 6.45) is 3.64. The fraction of sp³-hybridized carbons (Fsp3) is 0.579. The van der Waals surface area contributed by atoms with Crippen molar-refractivity contribution >= 4 is 34.2 Å². The van der Waals surface area contributed by atoms with Crippen molar-refractivity contribution in [1.29, 1.82) is 0 Å². The number of fused-ring (bicyclic) bond motifs is 1. The molecule has 1 aromatic rings. The van der Waals surface area contributed by atoms with Gasteiger partial charge in [-0.25, -0.2) is 0 Å². The number of rotatable bonds is 3. The second-order valence-electron chi connectivity index (χ2n) is 8.02. The number of benzene rings is 1. The lowest BCUT2D eigenvalue weighted by molar-refractivity contribution is -0.125. The van der Waals surface area contributed by atoms with Crippen LogP contribution in [0.3, 0.4) is 0 Å². The molecule has 2 saturated heterocycles. The van der Waals surface area contributed by atoms with Gasteiger partial charge in [0.25, 0.3) is 10.0 Å². The number of piperidine rings is 1. The molecule has 0 aliphatic carbocycles. The first-order valence-corrected chi connectivity index (χ1v) is 11.0. The van der Waals surface area contributed by atoms with Crippen molar-refractivity contribution in [3.8, 4) is 0 Å². The van der Waals surface area contributed by atoms with Crippen LogP contribution in [0.2, 0.25) is 0 Å². The van der Waals surface area contributed by atoms with Crippen LogP contribution >= 0.6 is 12.4 Å². The van der Waals surface area contributed by atoms with E-state index in [0.717, 1.165) is 32.4 Å². The Kier molecular flexibility index (Phi) is 6.03. The summed E-state index contributed by atoms with van der Waals surface area (Å²) in [7, 11) is -3.67. The van der Waals surface area contributed by atoms with Crippen molar-refractivity contribution in [3.05, 3.63) is 29.8 Å². The first-order valence-electron chi connectivity index (χ1n) is 9.59. The van der Waals surface area contributed by atoms with E-state index in [1.807, 2.05) is 4.90 Å². The zero-order valence-electron chi connectivity index (χ0n) is 16.0. The number of amides is 1. The Bertz CT molecular complexity index is 881. The Balaban J connectivity index is 0.00000225. The van der Waals surface area contributed by atoms with Gasteiger partial charge in [-0.1, -0.05) is 19.1 Å². The molecule has 0 bridgehead atoms. The molecule has 28 heavy (non-hydrogen) atoms. The molecule has 1 atom stereocenters. The van der Waals surface area contributed by atoms with E-state index in [-0.39, 0.29) is 34.7 Å². The molecule has 2 N–H and O–H groups in total. The number of carbonyl (C=O) groups is 1. The lowest BCUT2D eigenvalue weighted by Crippen LogP contribution is -2.49. The Morgan fingerprint density at radius 2 is 2.04 bits per heavy atom. The van der Waals surface area contributed by atoms with Gasteiger partial charge < -0.3 is 15.5 Å². The molecule has 3 aliphatic rings. The molecule has 7 nitrogen and oxygen atoms in total. The number of nitrogens with one attached hydrogen (secondary N) is 2. The molecule has 154 valence electrons. The molecule has 9 heteroatoms. The van der Waals surface area contributed by atoms with Gasteiger partial charge in [0.1, 0.15) is 10.9 Å². The van der Waals surface area contributed by atoms with Gasteiger partial charge in [-0.05, 0) is 56.3 Å². The van der Waals surface area contributed by atoms with E-state index >= 15 is 0 Å². The van der Waals surface area contributed by atoms with Crippen LogP contribution in [0, 0.1) is 5.41 Å². The molecule has 3 aliphatic heterocycles. The molecular weight excluding hydrogens is 400 g/mol. The quantitative estimate of drug-likeness (QED) is 0.764. The number of carbonyl (C=O) groups excluding carboxylic acids is 1. The summed E-state index contributed by atoms with van der Waals surface area (Å²) in [6.45, 7) is 5.46. The van der Waals surface area contributed by atoms with Crippen LogP contribution in [0.4, 0.5) is 0 Å². The van der Waals surface area contributed by atoms with Crippen molar-refractivity contribution < 1.29 is 13.2 Å². The highest BCUT2D eigenvalue weighted by Crippen LogP contribution is 2.31. The highest BCUT2D eigenvalue weighted by atomic mass is 35.5. The van der Waals surface area contributed by atoms with Gasteiger partial charge in [-0.2, -0.15) is 8.42 Å². The normalized spacial score (nSPS) is 24.8. The van der Waals surface area contributed by atoms with E-state index < -0.39 is 10.0 Å². The van der Waals surface area contributed by atoms with Crippen LogP contribution in [0.25, 0.3) is 0 Å². The Morgan fingerprint density at radius 1 is 1.32 bits per heavy atom. The largest absolute Gasteiger partial charge is 0.354 e. The van der Waals surface area contributed by atoms with E-state index in [9.17, 15) is 13.2 Å². The first-order chi connectivity index (χ1) is 12.9. The topological polar surface area (TPSA) is 90.9 Å². The van der Waals surface area contributed by atoms with Gasteiger partial charge in [-0.15, -0.1) is 16.8 Å². The third kappa shape index (κ3) is 3.90. The van der Waals surface area contributed by atoms with Gasteiger partial charge in [0.05, 0.1) is 0 Å². The van der Waals surface area contributed by atoms with Crippen molar-refractivity contribution in [2.45, 2.75) is 43.5 Å². The van der Waals surface area contributed by atoms with Crippen molar-refractivity contribution in [2.75, 3.05) is 26.2 Å². The molecule has 0 radical (unpaired) electrons. The summed E-state index contributed by atoms with van der Waals surface area (Å²) in [4.78, 5) is 15.0. The van der Waals surface area contributed by atoms with Crippen LogP contribution < -0.4 is 10.6 Å². The van der Waals surface area contributed by atoms with Gasteiger partial charge in [0.2, 0.25) is 5.91 Å². The minimum atomic E-state index is -3.67. The van der Waals surface area contributed by atoms with E-state index in [2.05, 4.69) is 22.0 Å². The fourth-order valence-electron chi connectivity index (χ4n) is 4.21. The summed E-state index contributed by atoms with van der Waals surface area (Å²) >= 11 is 0. The number of amidine groups is 1. The molecule has 0 spiro atoms. The lowest BCUT2D eigenvalue weighted by atomic mass is 9.81. The van der Waals surface area contributed by atoms with Gasteiger partial charge in [0, 0.05) is 18.7 Å². The number of likely N-dealkylation sites (tertiary alicyclic amines) is 1. The number of hydrogen-bond acceptors (Lipinski definition) is 5. The lowest BCUT2D eigenvalue weighted by Gasteiger charge is -2.35. The van der Waals surface area contributed by atoms with E-state index in [1.54, 1.807) is 24.3 Å². The average Bonchev–Trinajstić information content (AvgIpc) is 3.24. The summed E-state index contributed by atoms with van der Waals surface area (Å²) in [5.74, 6) is 0.382. The second kappa shape index (κ2) is 8.00. The molecule has 3 heterocycles. The molecule has 0 saturated carbocycles. The summed E-state index contributed by atoms with van der Waals surface area (Å²) in [5, 5.41) is 6.47. The minimum absolute atomic E-state index is 0. The van der Waals surface area contributed by atoms with Crippen LogP contribution in [-0.2, 0) is 14.8 Å². The first kappa shape index (κ1) is 21.1. The molecule has 4 rings (SSSR count).